The Morgan fingerprint density at radius 3 is 2.77 bits per heavy atom. The van der Waals surface area contributed by atoms with E-state index >= 15 is 0 Å². The minimum Gasteiger partial charge on any atom is -0.368 e. The lowest BCUT2D eigenvalue weighted by Gasteiger charge is -2.40. The van der Waals surface area contributed by atoms with Gasteiger partial charge in [0.1, 0.15) is 11.8 Å². The summed E-state index contributed by atoms with van der Waals surface area (Å²) >= 11 is 0. The third kappa shape index (κ3) is 1.81. The van der Waals surface area contributed by atoms with Crippen molar-refractivity contribution in [3.8, 4) is 0 Å². The van der Waals surface area contributed by atoms with Crippen LogP contribution >= 0.6 is 0 Å². The van der Waals surface area contributed by atoms with E-state index in [0.29, 0.717) is 32.5 Å². The van der Waals surface area contributed by atoms with E-state index < -0.39 is 5.66 Å². The molecule has 0 spiro atoms. The van der Waals surface area contributed by atoms with Crippen molar-refractivity contribution in [2.24, 2.45) is 0 Å². The molecule has 1 aromatic rings. The lowest BCUT2D eigenvalue weighted by molar-refractivity contribution is -0.150. The molecule has 5 nitrogen and oxygen atoms in total. The zero-order valence-electron chi connectivity index (χ0n) is 12.5. The van der Waals surface area contributed by atoms with E-state index in [1.54, 1.807) is 0 Å². The van der Waals surface area contributed by atoms with Crippen LogP contribution < -0.4 is 0 Å². The molecule has 3 fully saturated rings. The molecular weight excluding hydrogens is 280 g/mol. The molecule has 0 saturated carbocycles. The Balaban J connectivity index is 1.75. The Kier molecular flexibility index (Phi) is 3.18. The largest absolute Gasteiger partial charge is 0.368 e. The maximum atomic E-state index is 12.9. The van der Waals surface area contributed by atoms with Gasteiger partial charge in [-0.15, -0.1) is 0 Å². The Morgan fingerprint density at radius 1 is 1.23 bits per heavy atom. The van der Waals surface area contributed by atoms with Gasteiger partial charge in [0.25, 0.3) is 5.91 Å². The number of hydrogen-bond donors (Lipinski definition) is 0. The van der Waals surface area contributed by atoms with Crippen LogP contribution in [0.25, 0.3) is 0 Å². The second kappa shape index (κ2) is 5.09. The third-order valence-electron chi connectivity index (χ3n) is 5.14. The predicted molar refractivity (Wildman–Crippen MR) is 79.8 cm³/mol. The van der Waals surface area contributed by atoms with Gasteiger partial charge in [0.05, 0.1) is 0 Å². The fourth-order valence-corrected chi connectivity index (χ4v) is 4.13. The zero-order valence-corrected chi connectivity index (χ0v) is 12.5. The normalized spacial score (nSPS) is 30.9. The Labute approximate surface area is 129 Å². The topological polar surface area (TPSA) is 49.9 Å². The van der Waals surface area contributed by atoms with E-state index in [1.165, 1.54) is 0 Å². The van der Waals surface area contributed by atoms with Gasteiger partial charge < -0.3 is 14.5 Å². The first kappa shape index (κ1) is 13.8. The van der Waals surface area contributed by atoms with E-state index in [4.69, 9.17) is 4.74 Å². The van der Waals surface area contributed by atoms with Crippen LogP contribution in [0.15, 0.2) is 30.3 Å². The van der Waals surface area contributed by atoms with Crippen molar-refractivity contribution in [1.29, 1.82) is 0 Å². The van der Waals surface area contributed by atoms with Gasteiger partial charge in [0.2, 0.25) is 5.91 Å². The minimum atomic E-state index is -0.596. The van der Waals surface area contributed by atoms with Crippen LogP contribution in [0.2, 0.25) is 0 Å². The van der Waals surface area contributed by atoms with Crippen molar-refractivity contribution in [2.45, 2.75) is 37.5 Å². The highest BCUT2D eigenvalue weighted by Gasteiger charge is 2.57. The van der Waals surface area contributed by atoms with Crippen LogP contribution in [-0.2, 0) is 20.0 Å². The molecule has 3 saturated heterocycles. The highest BCUT2D eigenvalue weighted by atomic mass is 16.5. The fraction of sp³-hybridized carbons (Fsp3) is 0.529. The van der Waals surface area contributed by atoms with Crippen molar-refractivity contribution in [1.82, 2.24) is 9.80 Å². The number of ether oxygens (including phenoxy) is 1. The molecule has 116 valence electrons. The second-order valence-corrected chi connectivity index (χ2v) is 6.22. The van der Waals surface area contributed by atoms with E-state index in [-0.39, 0.29) is 17.9 Å². The molecule has 0 aliphatic carbocycles. The van der Waals surface area contributed by atoms with Crippen molar-refractivity contribution >= 4 is 11.8 Å². The number of hydrogen-bond acceptors (Lipinski definition) is 3. The van der Waals surface area contributed by atoms with E-state index in [9.17, 15) is 9.59 Å². The van der Waals surface area contributed by atoms with Gasteiger partial charge >= 0.3 is 0 Å². The van der Waals surface area contributed by atoms with Crippen LogP contribution in [0.4, 0.5) is 0 Å². The number of amides is 2. The summed E-state index contributed by atoms with van der Waals surface area (Å²) in [6, 6.07) is 9.94. The smallest absolute Gasteiger partial charge is 0.253 e. The molecule has 3 heterocycles. The van der Waals surface area contributed by atoms with Crippen molar-refractivity contribution in [3.63, 3.8) is 0 Å². The minimum absolute atomic E-state index is 0.0403. The van der Waals surface area contributed by atoms with E-state index in [1.807, 2.05) is 40.1 Å². The summed E-state index contributed by atoms with van der Waals surface area (Å²) in [7, 11) is 0. The molecule has 1 aromatic carbocycles. The molecule has 1 unspecified atom stereocenters. The molecule has 3 aliphatic rings. The maximum absolute atomic E-state index is 12.9. The molecule has 0 radical (unpaired) electrons. The number of carbonyl (C=O) groups excluding carboxylic acids is 2. The highest BCUT2D eigenvalue weighted by molar-refractivity contribution is 5.86. The molecule has 4 rings (SSSR count). The first-order valence-electron chi connectivity index (χ1n) is 8.02. The van der Waals surface area contributed by atoms with Gasteiger partial charge in [0, 0.05) is 32.5 Å². The monoisotopic (exact) mass is 300 g/mol. The van der Waals surface area contributed by atoms with E-state index in [2.05, 4.69) is 0 Å². The summed E-state index contributed by atoms with van der Waals surface area (Å²) in [6.45, 7) is 1.87. The van der Waals surface area contributed by atoms with Gasteiger partial charge in [-0.05, 0) is 18.4 Å². The van der Waals surface area contributed by atoms with Gasteiger partial charge in [-0.1, -0.05) is 30.3 Å². The summed E-state index contributed by atoms with van der Waals surface area (Å²) < 4.78 is 5.59. The van der Waals surface area contributed by atoms with Crippen LogP contribution in [0.3, 0.4) is 0 Å². The molecule has 0 N–H and O–H groups in total. The quantitative estimate of drug-likeness (QED) is 0.831. The molecule has 22 heavy (non-hydrogen) atoms. The molecule has 2 atom stereocenters. The van der Waals surface area contributed by atoms with Crippen LogP contribution in [0.1, 0.15) is 31.2 Å². The van der Waals surface area contributed by atoms with E-state index in [0.717, 1.165) is 18.4 Å². The predicted octanol–water partition coefficient (Wildman–Crippen LogP) is 1.48. The summed E-state index contributed by atoms with van der Waals surface area (Å²) in [4.78, 5) is 29.0. The van der Waals surface area contributed by atoms with Gasteiger partial charge in [0.15, 0.2) is 0 Å². The summed E-state index contributed by atoms with van der Waals surface area (Å²) in [5.41, 5.74) is 0.436. The Bertz CT molecular complexity index is 597. The lowest BCUT2D eigenvalue weighted by Crippen LogP contribution is -2.52. The SMILES string of the molecule is O=C1CCC2(c3ccccc3)N1CCN2C(=O)[C@H]1CCCO1. The van der Waals surface area contributed by atoms with Crippen molar-refractivity contribution in [3.05, 3.63) is 35.9 Å². The standard InChI is InChI=1S/C17H20N2O3/c20-15-8-9-17(13-5-2-1-3-6-13)18(15)10-11-19(17)16(21)14-7-4-12-22-14/h1-3,5-6,14H,4,7-12H2/t14-,17?/m1/s1. The van der Waals surface area contributed by atoms with Gasteiger partial charge in [-0.2, -0.15) is 0 Å². The number of carbonyl (C=O) groups is 2. The molecule has 5 heteroatoms. The number of nitrogens with zero attached hydrogens (tertiary/aromatic N) is 2. The average molecular weight is 300 g/mol. The van der Waals surface area contributed by atoms with Crippen LogP contribution in [-0.4, -0.2) is 47.4 Å². The molecule has 0 aromatic heterocycles. The second-order valence-electron chi connectivity index (χ2n) is 6.22. The van der Waals surface area contributed by atoms with Crippen LogP contribution in [0.5, 0.6) is 0 Å². The summed E-state index contributed by atoms with van der Waals surface area (Å²) in [5.74, 6) is 0.185. The zero-order chi connectivity index (χ0) is 15.2. The molecule has 0 bridgehead atoms. The first-order valence-corrected chi connectivity index (χ1v) is 8.02. The van der Waals surface area contributed by atoms with Gasteiger partial charge in [-0.25, -0.2) is 0 Å². The average Bonchev–Trinajstić information content (AvgIpc) is 3.25. The Morgan fingerprint density at radius 2 is 2.05 bits per heavy atom. The fourth-order valence-electron chi connectivity index (χ4n) is 4.13. The van der Waals surface area contributed by atoms with Crippen LogP contribution in [0, 0.1) is 0 Å². The summed E-state index contributed by atoms with van der Waals surface area (Å²) in [5, 5.41) is 0. The number of fused-ring (bicyclic) bond motifs is 1. The highest BCUT2D eigenvalue weighted by Crippen LogP contribution is 2.46. The number of benzene rings is 1. The molecule has 3 aliphatic heterocycles. The number of rotatable bonds is 2. The maximum Gasteiger partial charge on any atom is 0.253 e. The Hall–Kier alpha value is -1.88. The molecular formula is C17H20N2O3. The summed E-state index contributed by atoms with van der Waals surface area (Å²) in [6.07, 6.45) is 2.56. The lowest BCUT2D eigenvalue weighted by atomic mass is 9.95. The molecule has 2 amide bonds. The van der Waals surface area contributed by atoms with Gasteiger partial charge in [-0.3, -0.25) is 9.59 Å². The first-order chi connectivity index (χ1) is 10.7. The van der Waals surface area contributed by atoms with Crippen molar-refractivity contribution in [2.75, 3.05) is 19.7 Å². The van der Waals surface area contributed by atoms with Crippen molar-refractivity contribution < 1.29 is 14.3 Å². The third-order valence-corrected chi connectivity index (χ3v) is 5.14.